The Morgan fingerprint density at radius 1 is 0.902 bits per heavy atom. The Kier molecular flexibility index (Phi) is 10.1. The number of piperidine rings is 1. The Labute approximate surface area is 243 Å². The van der Waals surface area contributed by atoms with E-state index in [9.17, 15) is 9.90 Å². The van der Waals surface area contributed by atoms with Crippen molar-refractivity contribution in [2.45, 2.75) is 64.8 Å². The van der Waals surface area contributed by atoms with Crippen LogP contribution in [0.5, 0.6) is 0 Å². The summed E-state index contributed by atoms with van der Waals surface area (Å²) in [6.45, 7) is 8.34. The molecule has 0 aromatic heterocycles. The standard InChI is InChI=1S/C34H43N3O4/c1-3-35-34(39)36-21-29-9-5-6-10-30(29)26-15-17-28(18-16-26)33-40-31(22-37-19-7-4-8-20-37)24(2)32(41-33)27-13-11-25(23-38)12-14-27/h5-6,9-18,24,31-33,38H,3-4,7-8,19-23H2,1-2H3,(H2,35,36,39)/t24-,31+,32+,33+/m1/s1. The molecule has 2 saturated heterocycles. The number of rotatable bonds is 9. The van der Waals surface area contributed by atoms with Gasteiger partial charge in [-0.2, -0.15) is 0 Å². The average Bonchev–Trinajstić information content (AvgIpc) is 3.02. The van der Waals surface area contributed by atoms with E-state index in [-0.39, 0.29) is 30.8 Å². The monoisotopic (exact) mass is 557 g/mol. The van der Waals surface area contributed by atoms with Crippen LogP contribution in [0.1, 0.15) is 67.8 Å². The number of urea groups is 1. The summed E-state index contributed by atoms with van der Waals surface area (Å²) in [5.74, 6) is 0.178. The van der Waals surface area contributed by atoms with Gasteiger partial charge in [-0.1, -0.05) is 86.1 Å². The van der Waals surface area contributed by atoms with Crippen LogP contribution < -0.4 is 10.6 Å². The number of nitrogens with one attached hydrogen (secondary N) is 2. The molecule has 0 saturated carbocycles. The summed E-state index contributed by atoms with van der Waals surface area (Å²) in [6, 6.07) is 24.5. The lowest BCUT2D eigenvalue weighted by Gasteiger charge is -2.43. The number of hydrogen-bond acceptors (Lipinski definition) is 5. The van der Waals surface area contributed by atoms with Crippen molar-refractivity contribution in [1.82, 2.24) is 15.5 Å². The van der Waals surface area contributed by atoms with Gasteiger partial charge in [-0.3, -0.25) is 0 Å². The van der Waals surface area contributed by atoms with Crippen LogP contribution in [0.2, 0.25) is 0 Å². The van der Waals surface area contributed by atoms with Gasteiger partial charge in [0.1, 0.15) is 0 Å². The minimum Gasteiger partial charge on any atom is -0.392 e. The topological polar surface area (TPSA) is 83.1 Å². The summed E-state index contributed by atoms with van der Waals surface area (Å²) in [4.78, 5) is 14.5. The van der Waals surface area contributed by atoms with Crippen LogP contribution in [-0.2, 0) is 22.6 Å². The molecule has 7 nitrogen and oxygen atoms in total. The quantitative estimate of drug-likeness (QED) is 0.303. The van der Waals surface area contributed by atoms with E-state index in [0.717, 1.165) is 53.0 Å². The molecule has 0 radical (unpaired) electrons. The highest BCUT2D eigenvalue weighted by Gasteiger charge is 2.39. The third-order valence-corrected chi connectivity index (χ3v) is 8.30. The number of carbonyl (C=O) groups is 1. The zero-order chi connectivity index (χ0) is 28.6. The van der Waals surface area contributed by atoms with Crippen LogP contribution >= 0.6 is 0 Å². The van der Waals surface area contributed by atoms with E-state index in [4.69, 9.17) is 9.47 Å². The second-order valence-electron chi connectivity index (χ2n) is 11.2. The Bertz CT molecular complexity index is 1260. The third-order valence-electron chi connectivity index (χ3n) is 8.30. The zero-order valence-corrected chi connectivity index (χ0v) is 24.2. The van der Waals surface area contributed by atoms with E-state index in [1.807, 2.05) is 37.3 Å². The number of carbonyl (C=O) groups excluding carboxylic acids is 1. The Morgan fingerprint density at radius 3 is 2.32 bits per heavy atom. The zero-order valence-electron chi connectivity index (χ0n) is 24.2. The molecule has 41 heavy (non-hydrogen) atoms. The predicted octanol–water partition coefficient (Wildman–Crippen LogP) is 5.94. The summed E-state index contributed by atoms with van der Waals surface area (Å²) in [5, 5.41) is 15.2. The minimum atomic E-state index is -0.479. The molecule has 2 fully saturated rings. The summed E-state index contributed by atoms with van der Waals surface area (Å²) < 4.78 is 13.3. The van der Waals surface area contributed by atoms with Crippen LogP contribution in [0.4, 0.5) is 4.79 Å². The summed E-state index contributed by atoms with van der Waals surface area (Å²) >= 11 is 0. The smallest absolute Gasteiger partial charge is 0.315 e. The summed E-state index contributed by atoms with van der Waals surface area (Å²) in [5.41, 5.74) is 6.20. The van der Waals surface area contributed by atoms with Crippen LogP contribution in [0.15, 0.2) is 72.8 Å². The van der Waals surface area contributed by atoms with E-state index in [2.05, 4.69) is 64.9 Å². The molecule has 7 heteroatoms. The van der Waals surface area contributed by atoms with Gasteiger partial charge in [-0.15, -0.1) is 0 Å². The maximum absolute atomic E-state index is 12.0. The Balaban J connectivity index is 1.36. The molecular formula is C34H43N3O4. The molecule has 3 N–H and O–H groups in total. The largest absolute Gasteiger partial charge is 0.392 e. The first-order valence-electron chi connectivity index (χ1n) is 15.0. The maximum Gasteiger partial charge on any atom is 0.315 e. The van der Waals surface area contributed by atoms with Crippen LogP contribution in [0.25, 0.3) is 11.1 Å². The van der Waals surface area contributed by atoms with Crippen molar-refractivity contribution < 1.29 is 19.4 Å². The lowest BCUT2D eigenvalue weighted by molar-refractivity contribution is -0.276. The number of amides is 2. The first kappa shape index (κ1) is 29.3. The lowest BCUT2D eigenvalue weighted by Crippen LogP contribution is -2.45. The Morgan fingerprint density at radius 2 is 1.61 bits per heavy atom. The molecule has 3 aromatic rings. The lowest BCUT2D eigenvalue weighted by atomic mass is 9.89. The fourth-order valence-electron chi connectivity index (χ4n) is 5.90. The molecule has 0 spiro atoms. The van der Waals surface area contributed by atoms with Gasteiger partial charge < -0.3 is 30.1 Å². The molecule has 0 unspecified atom stereocenters. The predicted molar refractivity (Wildman–Crippen MR) is 161 cm³/mol. The van der Waals surface area contributed by atoms with Crippen LogP contribution in [0, 0.1) is 5.92 Å². The van der Waals surface area contributed by atoms with Gasteiger partial charge in [-0.05, 0) is 60.7 Å². The SMILES string of the molecule is CCNC(=O)NCc1ccccc1-c1ccc([C@H]2O[C@@H](CN3CCCCC3)[C@@H](C)[C@@H](c3ccc(CO)cc3)O2)cc1. The second kappa shape index (κ2) is 14.1. The molecule has 2 aliphatic rings. The summed E-state index contributed by atoms with van der Waals surface area (Å²) in [6.07, 6.45) is 3.24. The van der Waals surface area contributed by atoms with Crippen molar-refractivity contribution >= 4 is 6.03 Å². The molecule has 5 rings (SSSR count). The van der Waals surface area contributed by atoms with Gasteiger partial charge in [0.05, 0.1) is 18.8 Å². The first-order chi connectivity index (χ1) is 20.1. The van der Waals surface area contributed by atoms with E-state index < -0.39 is 6.29 Å². The first-order valence-corrected chi connectivity index (χ1v) is 15.0. The van der Waals surface area contributed by atoms with Gasteiger partial charge in [0.25, 0.3) is 0 Å². The number of hydrogen-bond donors (Lipinski definition) is 3. The molecule has 3 aromatic carbocycles. The van der Waals surface area contributed by atoms with Gasteiger partial charge in [0.15, 0.2) is 6.29 Å². The number of likely N-dealkylation sites (tertiary alicyclic amines) is 1. The van der Waals surface area contributed by atoms with Gasteiger partial charge >= 0.3 is 6.03 Å². The van der Waals surface area contributed by atoms with Crippen molar-refractivity contribution in [3.63, 3.8) is 0 Å². The third kappa shape index (κ3) is 7.35. The molecule has 2 aliphatic heterocycles. The van der Waals surface area contributed by atoms with Gasteiger partial charge in [0, 0.05) is 31.1 Å². The normalized spacial score (nSPS) is 23.2. The second-order valence-corrected chi connectivity index (χ2v) is 11.2. The number of benzene rings is 3. The number of nitrogens with zero attached hydrogens (tertiary/aromatic N) is 1. The number of aliphatic hydroxyl groups is 1. The average molecular weight is 558 g/mol. The molecule has 4 atom stereocenters. The fourth-order valence-corrected chi connectivity index (χ4v) is 5.90. The molecule has 2 heterocycles. The minimum absolute atomic E-state index is 0.0299. The highest BCUT2D eigenvalue weighted by molar-refractivity contribution is 5.74. The van der Waals surface area contributed by atoms with Crippen molar-refractivity contribution in [3.8, 4) is 11.1 Å². The number of aliphatic hydroxyl groups excluding tert-OH is 1. The Hall–Kier alpha value is -3.23. The molecular weight excluding hydrogens is 514 g/mol. The van der Waals surface area contributed by atoms with E-state index in [1.54, 1.807) is 0 Å². The van der Waals surface area contributed by atoms with Crippen molar-refractivity contribution in [1.29, 1.82) is 0 Å². The van der Waals surface area contributed by atoms with Crippen LogP contribution in [-0.4, -0.2) is 48.3 Å². The molecule has 2 amide bonds. The van der Waals surface area contributed by atoms with Crippen molar-refractivity contribution in [2.24, 2.45) is 5.92 Å². The van der Waals surface area contributed by atoms with E-state index >= 15 is 0 Å². The van der Waals surface area contributed by atoms with Gasteiger partial charge in [-0.25, -0.2) is 4.79 Å². The fraction of sp³-hybridized carbons (Fsp3) is 0.441. The highest BCUT2D eigenvalue weighted by atomic mass is 16.7. The van der Waals surface area contributed by atoms with Crippen LogP contribution in [0.3, 0.4) is 0 Å². The molecule has 218 valence electrons. The molecule has 0 aliphatic carbocycles. The van der Waals surface area contributed by atoms with Gasteiger partial charge in [0.2, 0.25) is 0 Å². The molecule has 0 bridgehead atoms. The van der Waals surface area contributed by atoms with Crippen molar-refractivity contribution in [2.75, 3.05) is 26.2 Å². The van der Waals surface area contributed by atoms with E-state index in [1.165, 1.54) is 19.3 Å². The summed E-state index contributed by atoms with van der Waals surface area (Å²) in [7, 11) is 0. The highest BCUT2D eigenvalue weighted by Crippen LogP contribution is 2.42. The maximum atomic E-state index is 12.0. The van der Waals surface area contributed by atoms with E-state index in [0.29, 0.717) is 13.1 Å². The number of ether oxygens (including phenoxy) is 2. The van der Waals surface area contributed by atoms with Crippen molar-refractivity contribution in [3.05, 3.63) is 95.1 Å².